The predicted octanol–water partition coefficient (Wildman–Crippen LogP) is 1.96. The molecule has 1 saturated heterocycles. The number of rotatable bonds is 8. The molecule has 0 saturated carbocycles. The lowest BCUT2D eigenvalue weighted by molar-refractivity contribution is -0.177. The van der Waals surface area contributed by atoms with E-state index in [4.69, 9.17) is 9.47 Å². The van der Waals surface area contributed by atoms with Crippen LogP contribution in [0.5, 0.6) is 0 Å². The van der Waals surface area contributed by atoms with Crippen LogP contribution in [0.4, 0.5) is 0 Å². The van der Waals surface area contributed by atoms with Gasteiger partial charge in [0.2, 0.25) is 6.41 Å². The highest BCUT2D eigenvalue weighted by Gasteiger charge is 2.57. The van der Waals surface area contributed by atoms with Gasteiger partial charge in [-0.05, 0) is 32.3 Å². The minimum absolute atomic E-state index is 0.139. The topological polar surface area (TPSA) is 72.9 Å². The average molecular weight is 347 g/mol. The molecule has 1 aliphatic heterocycles. The molecule has 1 fully saturated rings. The maximum Gasteiger partial charge on any atom is 0.325 e. The summed E-state index contributed by atoms with van der Waals surface area (Å²) in [6.45, 7) is 4.22. The maximum atomic E-state index is 13.0. The molecule has 1 aromatic rings. The van der Waals surface area contributed by atoms with Crippen LogP contribution in [-0.4, -0.2) is 49.0 Å². The summed E-state index contributed by atoms with van der Waals surface area (Å²) in [6, 6.07) is 8.71. The molecule has 25 heavy (non-hydrogen) atoms. The van der Waals surface area contributed by atoms with Gasteiger partial charge in [-0.25, -0.2) is 0 Å². The third-order valence-corrected chi connectivity index (χ3v) is 4.60. The minimum atomic E-state index is -1.55. The zero-order chi connectivity index (χ0) is 18.3. The molecule has 0 spiro atoms. The number of hydrogen-bond acceptors (Lipinski definition) is 5. The van der Waals surface area contributed by atoms with Gasteiger partial charge in [-0.15, -0.1) is 0 Å². The summed E-state index contributed by atoms with van der Waals surface area (Å²) < 4.78 is 10.5. The number of amides is 1. The Bertz CT molecular complexity index is 583. The molecule has 6 nitrogen and oxygen atoms in total. The molecular weight excluding hydrogens is 322 g/mol. The number of nitrogens with zero attached hydrogens (tertiary/aromatic N) is 1. The normalized spacial score (nSPS) is 17.2. The highest BCUT2D eigenvalue weighted by atomic mass is 16.6. The molecular formula is C19H25NO5. The minimum Gasteiger partial charge on any atom is -0.465 e. The second kappa shape index (κ2) is 8.65. The number of benzene rings is 1. The van der Waals surface area contributed by atoms with Crippen molar-refractivity contribution in [3.8, 4) is 0 Å². The van der Waals surface area contributed by atoms with Gasteiger partial charge in [-0.1, -0.05) is 30.3 Å². The van der Waals surface area contributed by atoms with E-state index < -0.39 is 23.4 Å². The van der Waals surface area contributed by atoms with Crippen LogP contribution >= 0.6 is 0 Å². The monoisotopic (exact) mass is 347 g/mol. The first-order valence-corrected chi connectivity index (χ1v) is 8.69. The van der Waals surface area contributed by atoms with Gasteiger partial charge in [0.05, 0.1) is 19.3 Å². The molecule has 0 N–H and O–H groups in total. The van der Waals surface area contributed by atoms with Crippen molar-refractivity contribution in [3.05, 3.63) is 35.9 Å². The van der Waals surface area contributed by atoms with Gasteiger partial charge in [-0.2, -0.15) is 0 Å². The highest BCUT2D eigenvalue weighted by Crippen LogP contribution is 2.39. The summed E-state index contributed by atoms with van der Waals surface area (Å²) in [5.41, 5.74) is -0.730. The molecule has 0 bridgehead atoms. The van der Waals surface area contributed by atoms with Crippen LogP contribution in [0.25, 0.3) is 0 Å². The number of carbonyl (C=O) groups is 3. The van der Waals surface area contributed by atoms with Crippen molar-refractivity contribution >= 4 is 18.3 Å². The van der Waals surface area contributed by atoms with E-state index in [9.17, 15) is 14.4 Å². The Kier molecular flexibility index (Phi) is 6.56. The first-order chi connectivity index (χ1) is 12.1. The quantitative estimate of drug-likeness (QED) is 0.408. The molecule has 2 rings (SSSR count). The second-order valence-corrected chi connectivity index (χ2v) is 6.08. The average Bonchev–Trinajstić information content (AvgIpc) is 3.10. The summed E-state index contributed by atoms with van der Waals surface area (Å²) in [4.78, 5) is 39.0. The fourth-order valence-corrected chi connectivity index (χ4v) is 3.50. The third-order valence-electron chi connectivity index (χ3n) is 4.60. The molecule has 6 heteroatoms. The Balaban J connectivity index is 2.53. The van der Waals surface area contributed by atoms with Crippen molar-refractivity contribution in [2.75, 3.05) is 19.8 Å². The van der Waals surface area contributed by atoms with Crippen LogP contribution < -0.4 is 0 Å². The van der Waals surface area contributed by atoms with E-state index in [1.807, 2.05) is 30.3 Å². The largest absolute Gasteiger partial charge is 0.465 e. The van der Waals surface area contributed by atoms with E-state index in [0.29, 0.717) is 19.4 Å². The van der Waals surface area contributed by atoms with Gasteiger partial charge in [0.15, 0.2) is 5.41 Å². The van der Waals surface area contributed by atoms with Crippen LogP contribution in [0.1, 0.15) is 32.3 Å². The Morgan fingerprint density at radius 2 is 1.76 bits per heavy atom. The molecule has 1 unspecified atom stereocenters. The lowest BCUT2D eigenvalue weighted by atomic mass is 9.73. The molecule has 0 aromatic heterocycles. The van der Waals surface area contributed by atoms with Crippen LogP contribution in [0.15, 0.2) is 30.3 Å². The molecule has 0 aliphatic carbocycles. The predicted molar refractivity (Wildman–Crippen MR) is 91.6 cm³/mol. The number of hydrogen-bond donors (Lipinski definition) is 0. The van der Waals surface area contributed by atoms with Crippen molar-refractivity contribution in [3.63, 3.8) is 0 Å². The summed E-state index contributed by atoms with van der Waals surface area (Å²) >= 11 is 0. The lowest BCUT2D eigenvalue weighted by Gasteiger charge is -2.37. The SMILES string of the molecule is CCOC(=O)C(Cc1ccccc1)(C(=O)OCC)C1CCCN1C=O. The molecule has 1 amide bonds. The van der Waals surface area contributed by atoms with Crippen molar-refractivity contribution in [1.29, 1.82) is 0 Å². The van der Waals surface area contributed by atoms with Gasteiger partial charge >= 0.3 is 11.9 Å². The van der Waals surface area contributed by atoms with Gasteiger partial charge < -0.3 is 14.4 Å². The van der Waals surface area contributed by atoms with Crippen LogP contribution in [0.3, 0.4) is 0 Å². The molecule has 1 aliphatic rings. The van der Waals surface area contributed by atoms with E-state index in [0.717, 1.165) is 12.0 Å². The fourth-order valence-electron chi connectivity index (χ4n) is 3.50. The van der Waals surface area contributed by atoms with E-state index >= 15 is 0 Å². The molecule has 136 valence electrons. The standard InChI is InChI=1S/C19H25NO5/c1-3-24-17(22)19(18(23)25-4-2,13-15-9-6-5-7-10-15)16-11-8-12-20(16)14-21/h5-7,9-10,14,16H,3-4,8,11-13H2,1-2H3. The Hall–Kier alpha value is -2.37. The van der Waals surface area contributed by atoms with E-state index in [2.05, 4.69) is 0 Å². The van der Waals surface area contributed by atoms with E-state index in [1.165, 1.54) is 4.90 Å². The van der Waals surface area contributed by atoms with E-state index in [-0.39, 0.29) is 19.6 Å². The van der Waals surface area contributed by atoms with Gasteiger partial charge in [0.25, 0.3) is 0 Å². The van der Waals surface area contributed by atoms with Gasteiger partial charge in [0, 0.05) is 13.0 Å². The van der Waals surface area contributed by atoms with Crippen LogP contribution in [0.2, 0.25) is 0 Å². The Labute approximate surface area is 148 Å². The van der Waals surface area contributed by atoms with Crippen molar-refractivity contribution in [1.82, 2.24) is 4.90 Å². The zero-order valence-corrected chi connectivity index (χ0v) is 14.8. The van der Waals surface area contributed by atoms with Crippen molar-refractivity contribution in [2.45, 2.75) is 39.2 Å². The van der Waals surface area contributed by atoms with Gasteiger partial charge in [0.1, 0.15) is 0 Å². The van der Waals surface area contributed by atoms with Crippen LogP contribution in [-0.2, 0) is 30.3 Å². The molecule has 1 atom stereocenters. The first-order valence-electron chi connectivity index (χ1n) is 8.69. The summed E-state index contributed by atoms with van der Waals surface area (Å²) in [7, 11) is 0. The first kappa shape index (κ1) is 19.0. The van der Waals surface area contributed by atoms with Crippen molar-refractivity contribution < 1.29 is 23.9 Å². The maximum absolute atomic E-state index is 13.0. The summed E-state index contributed by atoms with van der Waals surface area (Å²) in [5.74, 6) is -1.26. The Morgan fingerprint density at radius 3 is 2.28 bits per heavy atom. The van der Waals surface area contributed by atoms with E-state index in [1.54, 1.807) is 13.8 Å². The number of esters is 2. The highest BCUT2D eigenvalue weighted by molar-refractivity contribution is 6.01. The summed E-state index contributed by atoms with van der Waals surface area (Å²) in [5, 5.41) is 0. The van der Waals surface area contributed by atoms with Crippen molar-refractivity contribution in [2.24, 2.45) is 5.41 Å². The number of carbonyl (C=O) groups excluding carboxylic acids is 3. The smallest absolute Gasteiger partial charge is 0.325 e. The Morgan fingerprint density at radius 1 is 1.16 bits per heavy atom. The zero-order valence-electron chi connectivity index (χ0n) is 14.8. The second-order valence-electron chi connectivity index (χ2n) is 6.08. The lowest BCUT2D eigenvalue weighted by Crippen LogP contribution is -2.56. The molecule has 1 heterocycles. The number of likely N-dealkylation sites (tertiary alicyclic amines) is 1. The fraction of sp³-hybridized carbons (Fsp3) is 0.526. The van der Waals surface area contributed by atoms with Gasteiger partial charge in [-0.3, -0.25) is 14.4 Å². The van der Waals surface area contributed by atoms with Crippen LogP contribution in [0, 0.1) is 5.41 Å². The molecule has 1 aromatic carbocycles. The molecule has 0 radical (unpaired) electrons. The summed E-state index contributed by atoms with van der Waals surface area (Å²) in [6.07, 6.45) is 2.14. The third kappa shape index (κ3) is 3.83. The number of ether oxygens (including phenoxy) is 2.